The molecule has 0 saturated heterocycles. The number of anilines is 1. The van der Waals surface area contributed by atoms with Gasteiger partial charge in [0, 0.05) is 17.6 Å². The van der Waals surface area contributed by atoms with Crippen LogP contribution in [-0.2, 0) is 26.2 Å². The van der Waals surface area contributed by atoms with Crippen LogP contribution in [0.1, 0.15) is 32.8 Å². The van der Waals surface area contributed by atoms with E-state index < -0.39 is 34.3 Å². The second kappa shape index (κ2) is 11.5. The summed E-state index contributed by atoms with van der Waals surface area (Å²) in [4.78, 5) is 27.5. The first-order chi connectivity index (χ1) is 15.4. The zero-order chi connectivity index (χ0) is 24.8. The summed E-state index contributed by atoms with van der Waals surface area (Å²) < 4.78 is 39.4. The maximum Gasteiger partial charge on any atom is 0.244 e. The molecule has 0 aliphatic heterocycles. The van der Waals surface area contributed by atoms with E-state index in [-0.39, 0.29) is 24.2 Å². The monoisotopic (exact) mass is 497 g/mol. The standard InChI is InChI=1S/C23H29ClFN3O4S/c1-5-16(2)26-23(30)17(3)27(14-18-8-6-9-19(24)12-18)22(29)15-28(33(4,31)32)21-11-7-10-20(25)13-21/h6-13,16-17H,5,14-15H2,1-4H3,(H,26,30)/t16-,17-/m0/s1. The summed E-state index contributed by atoms with van der Waals surface area (Å²) in [5.74, 6) is -1.61. The molecule has 0 bridgehead atoms. The number of carbonyl (C=O) groups excluding carboxylic acids is 2. The van der Waals surface area contributed by atoms with Gasteiger partial charge in [0.05, 0.1) is 11.9 Å². The van der Waals surface area contributed by atoms with E-state index in [1.807, 2.05) is 13.8 Å². The number of hydrogen-bond donors (Lipinski definition) is 1. The summed E-state index contributed by atoms with van der Waals surface area (Å²) in [5, 5.41) is 3.31. The Hall–Kier alpha value is -2.65. The molecule has 0 aliphatic rings. The van der Waals surface area contributed by atoms with Gasteiger partial charge in [-0.3, -0.25) is 13.9 Å². The Bertz CT molecular complexity index is 1100. The molecule has 0 radical (unpaired) electrons. The summed E-state index contributed by atoms with van der Waals surface area (Å²) >= 11 is 6.07. The normalized spacial score (nSPS) is 13.2. The van der Waals surface area contributed by atoms with Crippen molar-refractivity contribution in [3.63, 3.8) is 0 Å². The lowest BCUT2D eigenvalue weighted by Gasteiger charge is -2.32. The Balaban J connectivity index is 2.38. The molecule has 0 saturated carbocycles. The number of halogens is 2. The predicted octanol–water partition coefficient (Wildman–Crippen LogP) is 3.58. The minimum atomic E-state index is -3.91. The molecule has 10 heteroatoms. The molecule has 2 rings (SSSR count). The van der Waals surface area contributed by atoms with Gasteiger partial charge in [0.2, 0.25) is 21.8 Å². The molecule has 2 aromatic rings. The molecular formula is C23H29ClFN3O4S. The van der Waals surface area contributed by atoms with Crippen molar-refractivity contribution in [1.29, 1.82) is 0 Å². The van der Waals surface area contributed by atoms with Gasteiger partial charge in [0.1, 0.15) is 18.4 Å². The second-order valence-corrected chi connectivity index (χ2v) is 10.2. The van der Waals surface area contributed by atoms with Crippen molar-refractivity contribution < 1.29 is 22.4 Å². The maximum atomic E-state index is 13.7. The molecule has 2 aromatic carbocycles. The van der Waals surface area contributed by atoms with Crippen LogP contribution in [0.15, 0.2) is 48.5 Å². The van der Waals surface area contributed by atoms with Gasteiger partial charge in [-0.1, -0.05) is 36.7 Å². The molecule has 33 heavy (non-hydrogen) atoms. The average Bonchev–Trinajstić information content (AvgIpc) is 2.74. The molecule has 180 valence electrons. The van der Waals surface area contributed by atoms with Crippen LogP contribution in [0.2, 0.25) is 5.02 Å². The third-order valence-electron chi connectivity index (χ3n) is 5.19. The van der Waals surface area contributed by atoms with E-state index >= 15 is 0 Å². The zero-order valence-electron chi connectivity index (χ0n) is 19.1. The van der Waals surface area contributed by atoms with E-state index in [9.17, 15) is 22.4 Å². The summed E-state index contributed by atoms with van der Waals surface area (Å²) in [6.45, 7) is 4.79. The van der Waals surface area contributed by atoms with Gasteiger partial charge in [0.25, 0.3) is 0 Å². The maximum absolute atomic E-state index is 13.7. The number of sulfonamides is 1. The second-order valence-electron chi connectivity index (χ2n) is 7.89. The Labute approximate surface area is 199 Å². The number of nitrogens with one attached hydrogen (secondary N) is 1. The Morgan fingerprint density at radius 3 is 2.36 bits per heavy atom. The van der Waals surface area contributed by atoms with E-state index in [2.05, 4.69) is 5.32 Å². The first-order valence-electron chi connectivity index (χ1n) is 10.5. The molecule has 0 fully saturated rings. The van der Waals surface area contributed by atoms with Gasteiger partial charge < -0.3 is 10.2 Å². The highest BCUT2D eigenvalue weighted by atomic mass is 35.5. The van der Waals surface area contributed by atoms with E-state index in [1.165, 1.54) is 23.1 Å². The number of nitrogens with zero attached hydrogens (tertiary/aromatic N) is 2. The fourth-order valence-electron chi connectivity index (χ4n) is 3.13. The smallest absolute Gasteiger partial charge is 0.244 e. The lowest BCUT2D eigenvalue weighted by molar-refractivity contribution is -0.139. The van der Waals surface area contributed by atoms with Crippen LogP contribution in [0.25, 0.3) is 0 Å². The van der Waals surface area contributed by atoms with Gasteiger partial charge >= 0.3 is 0 Å². The lowest BCUT2D eigenvalue weighted by atomic mass is 10.1. The zero-order valence-corrected chi connectivity index (χ0v) is 20.7. The van der Waals surface area contributed by atoms with Crippen molar-refractivity contribution >= 4 is 39.1 Å². The molecule has 1 N–H and O–H groups in total. The minimum Gasteiger partial charge on any atom is -0.352 e. The molecule has 7 nitrogen and oxygen atoms in total. The first-order valence-corrected chi connectivity index (χ1v) is 12.7. The molecule has 0 heterocycles. The van der Waals surface area contributed by atoms with E-state index in [0.29, 0.717) is 17.0 Å². The summed E-state index contributed by atoms with van der Waals surface area (Å²) in [7, 11) is -3.91. The largest absolute Gasteiger partial charge is 0.352 e. The van der Waals surface area contributed by atoms with Gasteiger partial charge in [-0.2, -0.15) is 0 Å². The van der Waals surface area contributed by atoms with Crippen molar-refractivity contribution in [1.82, 2.24) is 10.2 Å². The number of hydrogen-bond acceptors (Lipinski definition) is 4. The van der Waals surface area contributed by atoms with E-state index in [0.717, 1.165) is 16.6 Å². The number of carbonyl (C=O) groups is 2. The van der Waals surface area contributed by atoms with Crippen LogP contribution < -0.4 is 9.62 Å². The van der Waals surface area contributed by atoms with Crippen LogP contribution in [0.3, 0.4) is 0 Å². The highest BCUT2D eigenvalue weighted by Gasteiger charge is 2.30. The van der Waals surface area contributed by atoms with Crippen molar-refractivity contribution in [2.45, 2.75) is 45.8 Å². The van der Waals surface area contributed by atoms with Crippen molar-refractivity contribution in [2.75, 3.05) is 17.1 Å². The van der Waals surface area contributed by atoms with Gasteiger partial charge in [-0.05, 0) is 56.2 Å². The fraction of sp³-hybridized carbons (Fsp3) is 0.391. The fourth-order valence-corrected chi connectivity index (χ4v) is 4.18. The van der Waals surface area contributed by atoms with Crippen LogP contribution in [-0.4, -0.2) is 50.0 Å². The van der Waals surface area contributed by atoms with Crippen molar-refractivity contribution in [3.8, 4) is 0 Å². The van der Waals surface area contributed by atoms with Crippen LogP contribution >= 0.6 is 11.6 Å². The highest BCUT2D eigenvalue weighted by molar-refractivity contribution is 7.92. The first kappa shape index (κ1) is 26.6. The molecule has 0 spiro atoms. The molecule has 0 unspecified atom stereocenters. The number of rotatable bonds is 10. The van der Waals surface area contributed by atoms with Crippen molar-refractivity contribution in [2.24, 2.45) is 0 Å². The lowest BCUT2D eigenvalue weighted by Crippen LogP contribution is -2.52. The Morgan fingerprint density at radius 2 is 1.79 bits per heavy atom. The van der Waals surface area contributed by atoms with E-state index in [4.69, 9.17) is 11.6 Å². The van der Waals surface area contributed by atoms with Crippen LogP contribution in [0.4, 0.5) is 10.1 Å². The van der Waals surface area contributed by atoms with Gasteiger partial charge in [0.15, 0.2) is 0 Å². The number of benzene rings is 2. The van der Waals surface area contributed by atoms with Crippen molar-refractivity contribution in [3.05, 3.63) is 64.9 Å². The quantitative estimate of drug-likeness (QED) is 0.543. The molecule has 2 amide bonds. The molecule has 0 aromatic heterocycles. The molecule has 2 atom stereocenters. The summed E-state index contributed by atoms with van der Waals surface area (Å²) in [5.41, 5.74) is 0.695. The number of amides is 2. The van der Waals surface area contributed by atoms with Gasteiger partial charge in [-0.25, -0.2) is 12.8 Å². The summed E-state index contributed by atoms with van der Waals surface area (Å²) in [6.07, 6.45) is 1.65. The predicted molar refractivity (Wildman–Crippen MR) is 128 cm³/mol. The SMILES string of the molecule is CC[C@H](C)NC(=O)[C@H](C)N(Cc1cccc(Cl)c1)C(=O)CN(c1cccc(F)c1)S(C)(=O)=O. The average molecular weight is 498 g/mol. The molecule has 0 aliphatic carbocycles. The van der Waals surface area contributed by atoms with Crippen LogP contribution in [0, 0.1) is 5.82 Å². The van der Waals surface area contributed by atoms with Crippen LogP contribution in [0.5, 0.6) is 0 Å². The summed E-state index contributed by atoms with van der Waals surface area (Å²) in [6, 6.07) is 10.8. The highest BCUT2D eigenvalue weighted by Crippen LogP contribution is 2.20. The Morgan fingerprint density at radius 1 is 1.12 bits per heavy atom. The third kappa shape index (κ3) is 7.71. The minimum absolute atomic E-state index is 0.0188. The Kier molecular flexibility index (Phi) is 9.25. The third-order valence-corrected chi connectivity index (χ3v) is 6.56. The topological polar surface area (TPSA) is 86.8 Å². The van der Waals surface area contributed by atoms with E-state index in [1.54, 1.807) is 31.2 Å². The van der Waals surface area contributed by atoms with Gasteiger partial charge in [-0.15, -0.1) is 0 Å². The molecular weight excluding hydrogens is 469 g/mol.